The molecule has 1 amide bonds. The van der Waals surface area contributed by atoms with Crippen molar-refractivity contribution >= 4 is 16.9 Å². The third-order valence-electron chi connectivity index (χ3n) is 5.20. The van der Waals surface area contributed by atoms with Gasteiger partial charge in [-0.1, -0.05) is 36.9 Å². The van der Waals surface area contributed by atoms with Crippen molar-refractivity contribution < 1.29 is 4.79 Å². The van der Waals surface area contributed by atoms with Crippen LogP contribution in [-0.4, -0.2) is 33.9 Å². The zero-order valence-electron chi connectivity index (χ0n) is 14.8. The molecule has 0 radical (unpaired) electrons. The first kappa shape index (κ1) is 16.6. The third-order valence-corrected chi connectivity index (χ3v) is 5.20. The molecule has 2 aromatic heterocycles. The van der Waals surface area contributed by atoms with E-state index in [9.17, 15) is 4.79 Å². The van der Waals surface area contributed by atoms with E-state index in [1.807, 2.05) is 23.4 Å². The molecule has 3 heterocycles. The third kappa shape index (κ3) is 3.27. The largest absolute Gasteiger partial charge is 0.346 e. The Morgan fingerprint density at radius 3 is 3.00 bits per heavy atom. The molecule has 1 aliphatic heterocycles. The van der Waals surface area contributed by atoms with E-state index in [1.165, 1.54) is 22.8 Å². The maximum atomic E-state index is 11.9. The first-order valence-corrected chi connectivity index (χ1v) is 9.17. The van der Waals surface area contributed by atoms with Gasteiger partial charge in [-0.3, -0.25) is 4.79 Å². The highest BCUT2D eigenvalue weighted by Crippen LogP contribution is 2.29. The number of nitrogens with one attached hydrogen (secondary N) is 1. The first-order valence-electron chi connectivity index (χ1n) is 9.17. The molecule has 1 aliphatic rings. The molecule has 1 aromatic carbocycles. The van der Waals surface area contributed by atoms with Crippen LogP contribution in [0.1, 0.15) is 18.4 Å². The maximum absolute atomic E-state index is 11.9. The number of hydrogen-bond donors (Lipinski definition) is 1. The summed E-state index contributed by atoms with van der Waals surface area (Å²) in [6.45, 7) is 5.26. The summed E-state index contributed by atoms with van der Waals surface area (Å²) in [7, 11) is 0. The van der Waals surface area contributed by atoms with Gasteiger partial charge in [0, 0.05) is 36.4 Å². The Labute approximate surface area is 153 Å². The topological polar surface area (TPSA) is 49.0 Å². The maximum Gasteiger partial charge on any atom is 0.245 e. The number of aromatic nitrogens is 2. The second-order valence-electron chi connectivity index (χ2n) is 7.01. The Bertz CT molecular complexity index is 929. The lowest BCUT2D eigenvalue weighted by atomic mass is 9.91. The lowest BCUT2D eigenvalue weighted by Gasteiger charge is -2.32. The van der Waals surface area contributed by atoms with Gasteiger partial charge >= 0.3 is 0 Å². The number of benzene rings is 1. The van der Waals surface area contributed by atoms with Gasteiger partial charge in [0.05, 0.1) is 0 Å². The normalized spacial score (nSPS) is 17.4. The van der Waals surface area contributed by atoms with E-state index in [-0.39, 0.29) is 5.91 Å². The van der Waals surface area contributed by atoms with E-state index in [4.69, 9.17) is 0 Å². The molecule has 0 saturated carbocycles. The van der Waals surface area contributed by atoms with Crippen LogP contribution in [0.3, 0.4) is 0 Å². The number of nitrogens with zero attached hydrogens (tertiary/aromatic N) is 2. The van der Waals surface area contributed by atoms with Crippen LogP contribution in [0.2, 0.25) is 0 Å². The fraction of sp³-hybridized carbons (Fsp3) is 0.273. The molecule has 0 bridgehead atoms. The number of carbonyl (C=O) groups is 1. The Balaban J connectivity index is 1.58. The number of amides is 1. The van der Waals surface area contributed by atoms with Crippen LogP contribution >= 0.6 is 0 Å². The van der Waals surface area contributed by atoms with Crippen molar-refractivity contribution in [1.82, 2.24) is 14.9 Å². The van der Waals surface area contributed by atoms with Gasteiger partial charge in [0.25, 0.3) is 0 Å². The van der Waals surface area contributed by atoms with Gasteiger partial charge in [-0.05, 0) is 48.4 Å². The number of piperidine rings is 1. The van der Waals surface area contributed by atoms with E-state index in [1.54, 1.807) is 0 Å². The molecule has 3 aromatic rings. The minimum absolute atomic E-state index is 0.0419. The number of pyridine rings is 1. The molecule has 0 unspecified atom stereocenters. The summed E-state index contributed by atoms with van der Waals surface area (Å²) in [6, 6.07) is 12.6. The number of aromatic amines is 1. The van der Waals surface area contributed by atoms with Crippen LogP contribution in [0, 0.1) is 5.92 Å². The smallest absolute Gasteiger partial charge is 0.245 e. The molecular formula is C22H23N3O. The van der Waals surface area contributed by atoms with Crippen LogP contribution in [0.25, 0.3) is 22.2 Å². The van der Waals surface area contributed by atoms with Crippen LogP contribution in [0.4, 0.5) is 0 Å². The molecule has 1 fully saturated rings. The molecule has 4 rings (SSSR count). The SMILES string of the molecule is C=CC(=O)N1CCC[C@H](Cc2cnc3[nH]cc(-c4ccccc4)c3c2)C1. The molecule has 132 valence electrons. The lowest BCUT2D eigenvalue weighted by molar-refractivity contribution is -0.127. The summed E-state index contributed by atoms with van der Waals surface area (Å²) in [4.78, 5) is 21.7. The molecule has 4 heteroatoms. The number of carbonyl (C=O) groups excluding carboxylic acids is 1. The first-order chi connectivity index (χ1) is 12.7. The predicted octanol–water partition coefficient (Wildman–Crippen LogP) is 4.20. The summed E-state index contributed by atoms with van der Waals surface area (Å²) in [5.41, 5.74) is 4.52. The van der Waals surface area contributed by atoms with E-state index in [2.05, 4.69) is 46.9 Å². The Hall–Kier alpha value is -2.88. The van der Waals surface area contributed by atoms with Gasteiger partial charge in [0.15, 0.2) is 0 Å². The van der Waals surface area contributed by atoms with E-state index in [0.717, 1.165) is 43.4 Å². The average Bonchev–Trinajstić information content (AvgIpc) is 3.11. The molecule has 1 N–H and O–H groups in total. The Morgan fingerprint density at radius 1 is 1.35 bits per heavy atom. The van der Waals surface area contributed by atoms with Crippen molar-refractivity contribution in [3.63, 3.8) is 0 Å². The van der Waals surface area contributed by atoms with Crippen LogP contribution in [-0.2, 0) is 11.2 Å². The van der Waals surface area contributed by atoms with Crippen LogP contribution in [0.5, 0.6) is 0 Å². The summed E-state index contributed by atoms with van der Waals surface area (Å²) < 4.78 is 0. The highest BCUT2D eigenvalue weighted by Gasteiger charge is 2.22. The molecule has 4 nitrogen and oxygen atoms in total. The fourth-order valence-corrected chi connectivity index (χ4v) is 3.91. The highest BCUT2D eigenvalue weighted by molar-refractivity contribution is 5.93. The van der Waals surface area contributed by atoms with Crippen molar-refractivity contribution in [2.45, 2.75) is 19.3 Å². The number of rotatable bonds is 4. The van der Waals surface area contributed by atoms with E-state index >= 15 is 0 Å². The van der Waals surface area contributed by atoms with E-state index in [0.29, 0.717) is 5.92 Å². The van der Waals surface area contributed by atoms with Crippen LogP contribution in [0.15, 0.2) is 61.4 Å². The van der Waals surface area contributed by atoms with Crippen molar-refractivity contribution in [3.8, 4) is 11.1 Å². The zero-order chi connectivity index (χ0) is 17.9. The lowest BCUT2D eigenvalue weighted by Crippen LogP contribution is -2.39. The summed E-state index contributed by atoms with van der Waals surface area (Å²) in [5, 5.41) is 1.16. The summed E-state index contributed by atoms with van der Waals surface area (Å²) in [6.07, 6.45) is 8.56. The second kappa shape index (κ2) is 7.16. The van der Waals surface area contributed by atoms with Gasteiger partial charge < -0.3 is 9.88 Å². The number of H-pyrrole nitrogens is 1. The monoisotopic (exact) mass is 345 g/mol. The fourth-order valence-electron chi connectivity index (χ4n) is 3.91. The van der Waals surface area contributed by atoms with Crippen molar-refractivity contribution in [3.05, 3.63) is 67.0 Å². The summed E-state index contributed by atoms with van der Waals surface area (Å²) >= 11 is 0. The molecule has 1 atom stereocenters. The molecular weight excluding hydrogens is 322 g/mol. The van der Waals surface area contributed by atoms with Crippen molar-refractivity contribution in [2.24, 2.45) is 5.92 Å². The van der Waals surface area contributed by atoms with Gasteiger partial charge in [-0.2, -0.15) is 0 Å². The highest BCUT2D eigenvalue weighted by atomic mass is 16.2. The quantitative estimate of drug-likeness (QED) is 0.721. The number of likely N-dealkylation sites (tertiary alicyclic amines) is 1. The Morgan fingerprint density at radius 2 is 2.19 bits per heavy atom. The zero-order valence-corrected chi connectivity index (χ0v) is 14.8. The molecule has 0 spiro atoms. The number of hydrogen-bond acceptors (Lipinski definition) is 2. The summed E-state index contributed by atoms with van der Waals surface area (Å²) in [5.74, 6) is 0.520. The predicted molar refractivity (Wildman–Crippen MR) is 105 cm³/mol. The molecule has 0 aliphatic carbocycles. The van der Waals surface area contributed by atoms with Crippen molar-refractivity contribution in [2.75, 3.05) is 13.1 Å². The standard InChI is InChI=1S/C22H23N3O/c1-2-21(26)25-10-6-7-16(15-25)11-17-12-19-20(14-24-22(19)23-13-17)18-8-4-3-5-9-18/h2-5,8-9,12-14,16H,1,6-7,10-11,15H2,(H,23,24)/t16-/m1/s1. The average molecular weight is 345 g/mol. The van der Waals surface area contributed by atoms with E-state index < -0.39 is 0 Å². The van der Waals surface area contributed by atoms with Crippen LogP contribution < -0.4 is 0 Å². The van der Waals surface area contributed by atoms with Gasteiger partial charge in [0.2, 0.25) is 5.91 Å². The van der Waals surface area contributed by atoms with Gasteiger partial charge in [0.1, 0.15) is 5.65 Å². The Kier molecular flexibility index (Phi) is 4.57. The van der Waals surface area contributed by atoms with Crippen molar-refractivity contribution in [1.29, 1.82) is 0 Å². The van der Waals surface area contributed by atoms with Gasteiger partial charge in [-0.25, -0.2) is 4.98 Å². The number of fused-ring (bicyclic) bond motifs is 1. The van der Waals surface area contributed by atoms with Gasteiger partial charge in [-0.15, -0.1) is 0 Å². The molecule has 26 heavy (non-hydrogen) atoms. The molecule has 1 saturated heterocycles. The second-order valence-corrected chi connectivity index (χ2v) is 7.01. The minimum atomic E-state index is 0.0419. The minimum Gasteiger partial charge on any atom is -0.346 e.